The maximum atomic E-state index is 13.9. The predicted octanol–water partition coefficient (Wildman–Crippen LogP) is 4.61. The molecule has 3 aromatic rings. The molecule has 7 heteroatoms. The fourth-order valence-electron chi connectivity index (χ4n) is 2.87. The van der Waals surface area contributed by atoms with E-state index in [0.29, 0.717) is 30.3 Å². The quantitative estimate of drug-likeness (QED) is 0.542. The third-order valence-corrected chi connectivity index (χ3v) is 4.40. The highest BCUT2D eigenvalue weighted by molar-refractivity contribution is 5.94. The van der Waals surface area contributed by atoms with Crippen LogP contribution in [-0.4, -0.2) is 29.4 Å². The van der Waals surface area contributed by atoms with Crippen molar-refractivity contribution in [2.24, 2.45) is 0 Å². The Kier molecular flexibility index (Phi) is 6.95. The molecular formula is C23H22F2N2O3. The number of ether oxygens (including phenoxy) is 2. The number of hydrogen-bond acceptors (Lipinski definition) is 4. The lowest BCUT2D eigenvalue weighted by Crippen LogP contribution is -2.26. The van der Waals surface area contributed by atoms with Crippen LogP contribution in [-0.2, 0) is 13.2 Å². The fourth-order valence-corrected chi connectivity index (χ4v) is 2.87. The summed E-state index contributed by atoms with van der Waals surface area (Å²) in [7, 11) is 1.55. The first-order valence-electron chi connectivity index (χ1n) is 9.46. The largest absolute Gasteiger partial charge is 0.490 e. The molecule has 30 heavy (non-hydrogen) atoms. The Labute approximate surface area is 173 Å². The van der Waals surface area contributed by atoms with Crippen molar-refractivity contribution in [3.8, 4) is 11.5 Å². The van der Waals surface area contributed by atoms with Crippen LogP contribution in [0.25, 0.3) is 0 Å². The number of aromatic nitrogens is 1. The molecule has 0 aliphatic carbocycles. The Balaban J connectivity index is 1.74. The summed E-state index contributed by atoms with van der Waals surface area (Å²) < 4.78 is 38.5. The molecular weight excluding hydrogens is 390 g/mol. The number of carbonyl (C=O) groups excluding carboxylic acids is 1. The molecule has 1 aromatic heterocycles. The normalized spacial score (nSPS) is 10.5. The molecule has 5 nitrogen and oxygen atoms in total. The highest BCUT2D eigenvalue weighted by Crippen LogP contribution is 2.30. The van der Waals surface area contributed by atoms with Crippen LogP contribution in [0, 0.1) is 11.6 Å². The first-order chi connectivity index (χ1) is 14.5. The van der Waals surface area contributed by atoms with Gasteiger partial charge < -0.3 is 14.4 Å². The van der Waals surface area contributed by atoms with Gasteiger partial charge in [0.15, 0.2) is 11.5 Å². The molecule has 0 saturated heterocycles. The van der Waals surface area contributed by atoms with Gasteiger partial charge in [-0.25, -0.2) is 8.78 Å². The molecule has 3 rings (SSSR count). The highest BCUT2D eigenvalue weighted by Gasteiger charge is 2.17. The van der Waals surface area contributed by atoms with E-state index in [2.05, 4.69) is 4.98 Å². The van der Waals surface area contributed by atoms with Crippen molar-refractivity contribution in [2.75, 3.05) is 13.7 Å². The number of hydrogen-bond donors (Lipinski definition) is 0. The number of carbonyl (C=O) groups is 1. The number of amides is 1. The van der Waals surface area contributed by atoms with E-state index in [4.69, 9.17) is 9.47 Å². The van der Waals surface area contributed by atoms with Crippen molar-refractivity contribution in [3.63, 3.8) is 0 Å². The zero-order valence-electron chi connectivity index (χ0n) is 16.8. The molecule has 0 aliphatic heterocycles. The SMILES string of the molecule is CCOc1cc(C(=O)N(C)Cc2ccc(F)cc2F)ccc1OCc1ccncc1. The Morgan fingerprint density at radius 2 is 1.77 bits per heavy atom. The van der Waals surface area contributed by atoms with Crippen molar-refractivity contribution in [1.29, 1.82) is 0 Å². The Hall–Kier alpha value is -3.48. The van der Waals surface area contributed by atoms with Gasteiger partial charge in [0.25, 0.3) is 5.91 Å². The minimum absolute atomic E-state index is 0.00914. The smallest absolute Gasteiger partial charge is 0.254 e. The zero-order chi connectivity index (χ0) is 21.5. The molecule has 0 N–H and O–H groups in total. The van der Waals surface area contributed by atoms with Gasteiger partial charge >= 0.3 is 0 Å². The zero-order valence-corrected chi connectivity index (χ0v) is 16.8. The van der Waals surface area contributed by atoms with Gasteiger partial charge in [-0.1, -0.05) is 6.07 Å². The monoisotopic (exact) mass is 412 g/mol. The summed E-state index contributed by atoms with van der Waals surface area (Å²) in [6.07, 6.45) is 3.37. The predicted molar refractivity (Wildman–Crippen MR) is 108 cm³/mol. The van der Waals surface area contributed by atoms with E-state index in [0.717, 1.165) is 11.6 Å². The minimum Gasteiger partial charge on any atom is -0.490 e. The average Bonchev–Trinajstić information content (AvgIpc) is 2.75. The summed E-state index contributed by atoms with van der Waals surface area (Å²) in [5.41, 5.74) is 1.56. The molecule has 0 spiro atoms. The summed E-state index contributed by atoms with van der Waals surface area (Å²) >= 11 is 0. The lowest BCUT2D eigenvalue weighted by atomic mass is 10.1. The molecule has 0 radical (unpaired) electrons. The second-order valence-corrected chi connectivity index (χ2v) is 6.64. The molecule has 156 valence electrons. The Morgan fingerprint density at radius 3 is 2.47 bits per heavy atom. The second-order valence-electron chi connectivity index (χ2n) is 6.64. The molecule has 0 fully saturated rings. The van der Waals surface area contributed by atoms with E-state index in [-0.39, 0.29) is 18.0 Å². The Bertz CT molecular complexity index is 1010. The standard InChI is InChI=1S/C23H22F2N2O3/c1-3-29-22-12-17(5-7-21(22)30-15-16-8-10-26-11-9-16)23(28)27(2)14-18-4-6-19(24)13-20(18)25/h4-13H,3,14-15H2,1-2H3. The van der Waals surface area contributed by atoms with Crippen LogP contribution in [0.4, 0.5) is 8.78 Å². The van der Waals surface area contributed by atoms with E-state index in [1.807, 2.05) is 19.1 Å². The van der Waals surface area contributed by atoms with E-state index in [9.17, 15) is 13.6 Å². The van der Waals surface area contributed by atoms with Crippen molar-refractivity contribution >= 4 is 5.91 Å². The molecule has 0 unspecified atom stereocenters. The second kappa shape index (κ2) is 9.82. The average molecular weight is 412 g/mol. The van der Waals surface area contributed by atoms with Gasteiger partial charge in [-0.3, -0.25) is 9.78 Å². The van der Waals surface area contributed by atoms with Crippen LogP contribution in [0.2, 0.25) is 0 Å². The summed E-state index contributed by atoms with van der Waals surface area (Å²) in [6.45, 7) is 2.58. The summed E-state index contributed by atoms with van der Waals surface area (Å²) in [5.74, 6) is -0.713. The van der Waals surface area contributed by atoms with Crippen molar-refractivity contribution in [1.82, 2.24) is 9.88 Å². The van der Waals surface area contributed by atoms with Crippen LogP contribution in [0.5, 0.6) is 11.5 Å². The summed E-state index contributed by atoms with van der Waals surface area (Å²) in [4.78, 5) is 18.1. The van der Waals surface area contributed by atoms with E-state index in [1.54, 1.807) is 37.6 Å². The van der Waals surface area contributed by atoms with Crippen LogP contribution in [0.15, 0.2) is 60.9 Å². The highest BCUT2D eigenvalue weighted by atomic mass is 19.1. The van der Waals surface area contributed by atoms with Crippen LogP contribution in [0.3, 0.4) is 0 Å². The molecule has 0 aliphatic rings. The lowest BCUT2D eigenvalue weighted by Gasteiger charge is -2.19. The number of benzene rings is 2. The van der Waals surface area contributed by atoms with E-state index in [1.165, 1.54) is 17.0 Å². The van der Waals surface area contributed by atoms with Crippen molar-refractivity contribution in [2.45, 2.75) is 20.1 Å². The fraction of sp³-hybridized carbons (Fsp3) is 0.217. The number of rotatable bonds is 8. The van der Waals surface area contributed by atoms with Crippen LogP contribution >= 0.6 is 0 Å². The summed E-state index contributed by atoms with van der Waals surface area (Å²) in [5, 5.41) is 0. The van der Waals surface area contributed by atoms with Crippen molar-refractivity contribution in [3.05, 3.63) is 89.2 Å². The van der Waals surface area contributed by atoms with Gasteiger partial charge in [-0.05, 0) is 48.9 Å². The molecule has 1 amide bonds. The molecule has 1 heterocycles. The van der Waals surface area contributed by atoms with Crippen molar-refractivity contribution < 1.29 is 23.0 Å². The molecule has 0 bridgehead atoms. The van der Waals surface area contributed by atoms with Gasteiger partial charge in [0.2, 0.25) is 0 Å². The Morgan fingerprint density at radius 1 is 1.00 bits per heavy atom. The third kappa shape index (κ3) is 5.31. The van der Waals surface area contributed by atoms with Gasteiger partial charge in [0.05, 0.1) is 6.61 Å². The van der Waals surface area contributed by atoms with Gasteiger partial charge in [-0.2, -0.15) is 0 Å². The maximum absolute atomic E-state index is 13.9. The summed E-state index contributed by atoms with van der Waals surface area (Å²) in [6, 6.07) is 11.9. The first kappa shape index (κ1) is 21.2. The number of nitrogens with zero attached hydrogens (tertiary/aromatic N) is 2. The van der Waals surface area contributed by atoms with E-state index < -0.39 is 11.6 Å². The number of pyridine rings is 1. The maximum Gasteiger partial charge on any atom is 0.254 e. The van der Waals surface area contributed by atoms with E-state index >= 15 is 0 Å². The molecule has 0 saturated carbocycles. The molecule has 0 atom stereocenters. The van der Waals surface area contributed by atoms with Crippen LogP contribution in [0.1, 0.15) is 28.4 Å². The van der Waals surface area contributed by atoms with Gasteiger partial charge in [0, 0.05) is 43.2 Å². The minimum atomic E-state index is -0.690. The lowest BCUT2D eigenvalue weighted by molar-refractivity contribution is 0.0783. The molecule has 2 aromatic carbocycles. The number of halogens is 2. The topological polar surface area (TPSA) is 51.7 Å². The van der Waals surface area contributed by atoms with Crippen LogP contribution < -0.4 is 9.47 Å². The third-order valence-electron chi connectivity index (χ3n) is 4.40. The van der Waals surface area contributed by atoms with Gasteiger partial charge in [0.1, 0.15) is 18.2 Å². The van der Waals surface area contributed by atoms with Gasteiger partial charge in [-0.15, -0.1) is 0 Å². The first-order valence-corrected chi connectivity index (χ1v) is 9.46.